The molecular formula is C13H16N2O2. The van der Waals surface area contributed by atoms with Crippen molar-refractivity contribution in [1.82, 2.24) is 10.5 Å². The molecule has 1 aromatic heterocycles. The highest BCUT2D eigenvalue weighted by molar-refractivity contribution is 5.97. The van der Waals surface area contributed by atoms with Crippen LogP contribution in [0.4, 0.5) is 0 Å². The van der Waals surface area contributed by atoms with Crippen molar-refractivity contribution in [3.05, 3.63) is 36.0 Å². The Labute approximate surface area is 99.9 Å². The van der Waals surface area contributed by atoms with Crippen molar-refractivity contribution >= 4 is 16.8 Å². The van der Waals surface area contributed by atoms with Crippen LogP contribution in [0.15, 0.2) is 30.5 Å². The van der Waals surface area contributed by atoms with Crippen molar-refractivity contribution in [2.45, 2.75) is 26.4 Å². The first-order valence-corrected chi connectivity index (χ1v) is 5.51. The highest BCUT2D eigenvalue weighted by atomic mass is 16.7. The average Bonchev–Trinajstić information content (AvgIpc) is 2.71. The summed E-state index contributed by atoms with van der Waals surface area (Å²) in [6.45, 7) is 5.63. The predicted molar refractivity (Wildman–Crippen MR) is 66.6 cm³/mol. The van der Waals surface area contributed by atoms with Crippen LogP contribution in [-0.4, -0.2) is 16.5 Å². The first-order chi connectivity index (χ1) is 7.96. The number of hydrogen-bond donors (Lipinski definition) is 2. The van der Waals surface area contributed by atoms with Crippen LogP contribution in [0.25, 0.3) is 10.9 Å². The van der Waals surface area contributed by atoms with E-state index in [-0.39, 0.29) is 5.91 Å². The van der Waals surface area contributed by atoms with E-state index >= 15 is 0 Å². The molecule has 1 aromatic carbocycles. The standard InChI is InChI=1S/C13H16N2O2/c1-13(2,3)17-15-12(16)10-4-5-11-9(8-10)6-7-14-11/h4-8,14H,1-3H3,(H,15,16). The minimum Gasteiger partial charge on any atom is -0.361 e. The van der Waals surface area contributed by atoms with E-state index < -0.39 is 5.60 Å². The molecule has 90 valence electrons. The topological polar surface area (TPSA) is 54.1 Å². The lowest BCUT2D eigenvalue weighted by molar-refractivity contribution is -0.0589. The molecule has 0 unspecified atom stereocenters. The molecule has 17 heavy (non-hydrogen) atoms. The molecular weight excluding hydrogens is 216 g/mol. The Bertz CT molecular complexity index is 538. The van der Waals surface area contributed by atoms with Crippen LogP contribution in [0.1, 0.15) is 31.1 Å². The number of rotatable bonds is 2. The maximum atomic E-state index is 11.8. The third-order valence-corrected chi connectivity index (χ3v) is 2.27. The molecule has 0 bridgehead atoms. The summed E-state index contributed by atoms with van der Waals surface area (Å²) in [5, 5.41) is 1.01. The molecule has 0 aliphatic carbocycles. The Morgan fingerprint density at radius 3 is 2.76 bits per heavy atom. The molecule has 0 radical (unpaired) electrons. The minimum absolute atomic E-state index is 0.233. The Morgan fingerprint density at radius 1 is 1.29 bits per heavy atom. The summed E-state index contributed by atoms with van der Waals surface area (Å²) in [6, 6.07) is 7.39. The van der Waals surface area contributed by atoms with Gasteiger partial charge in [0, 0.05) is 22.7 Å². The maximum absolute atomic E-state index is 11.8. The quantitative estimate of drug-likeness (QED) is 0.782. The number of benzene rings is 1. The highest BCUT2D eigenvalue weighted by Gasteiger charge is 2.14. The number of carbonyl (C=O) groups is 1. The molecule has 0 saturated carbocycles. The van der Waals surface area contributed by atoms with Gasteiger partial charge in [0.25, 0.3) is 5.91 Å². The van der Waals surface area contributed by atoms with Crippen molar-refractivity contribution in [1.29, 1.82) is 0 Å². The molecule has 0 atom stereocenters. The Morgan fingerprint density at radius 2 is 2.06 bits per heavy atom. The van der Waals surface area contributed by atoms with Gasteiger partial charge in [-0.25, -0.2) is 5.48 Å². The van der Waals surface area contributed by atoms with Gasteiger partial charge in [-0.1, -0.05) is 0 Å². The molecule has 2 aromatic rings. The zero-order valence-corrected chi connectivity index (χ0v) is 10.2. The number of aromatic amines is 1. The summed E-state index contributed by atoms with van der Waals surface area (Å²) in [5.74, 6) is -0.233. The van der Waals surface area contributed by atoms with Crippen LogP contribution in [0, 0.1) is 0 Å². The van der Waals surface area contributed by atoms with Crippen LogP contribution in [0.5, 0.6) is 0 Å². The van der Waals surface area contributed by atoms with Gasteiger partial charge in [-0.15, -0.1) is 0 Å². The number of nitrogens with one attached hydrogen (secondary N) is 2. The lowest BCUT2D eigenvalue weighted by atomic mass is 10.1. The zero-order valence-electron chi connectivity index (χ0n) is 10.2. The van der Waals surface area contributed by atoms with Crippen LogP contribution in [0.3, 0.4) is 0 Å². The number of H-pyrrole nitrogens is 1. The van der Waals surface area contributed by atoms with Gasteiger partial charge >= 0.3 is 0 Å². The lowest BCUT2D eigenvalue weighted by Crippen LogP contribution is -2.33. The van der Waals surface area contributed by atoms with Crippen LogP contribution in [-0.2, 0) is 4.84 Å². The summed E-state index contributed by atoms with van der Waals surface area (Å²) < 4.78 is 0. The van der Waals surface area contributed by atoms with Gasteiger partial charge in [-0.2, -0.15) is 0 Å². The molecule has 1 heterocycles. The van der Waals surface area contributed by atoms with E-state index in [0.29, 0.717) is 5.56 Å². The SMILES string of the molecule is CC(C)(C)ONC(=O)c1ccc2[nH]ccc2c1. The highest BCUT2D eigenvalue weighted by Crippen LogP contribution is 2.14. The molecule has 0 aliphatic heterocycles. The molecule has 0 spiro atoms. The second kappa shape index (κ2) is 4.22. The summed E-state index contributed by atoms with van der Waals surface area (Å²) in [7, 11) is 0. The Kier molecular flexibility index (Phi) is 2.90. The van der Waals surface area contributed by atoms with Crippen molar-refractivity contribution < 1.29 is 9.63 Å². The van der Waals surface area contributed by atoms with Crippen molar-refractivity contribution in [3.8, 4) is 0 Å². The van der Waals surface area contributed by atoms with Gasteiger partial charge in [-0.05, 0) is 45.0 Å². The fourth-order valence-electron chi connectivity index (χ4n) is 1.45. The summed E-state index contributed by atoms with van der Waals surface area (Å²) >= 11 is 0. The molecule has 4 nitrogen and oxygen atoms in total. The van der Waals surface area contributed by atoms with Crippen LogP contribution < -0.4 is 5.48 Å². The Balaban J connectivity index is 2.13. The second-order valence-corrected chi connectivity index (χ2v) is 4.93. The molecule has 0 aliphatic rings. The van der Waals surface area contributed by atoms with Crippen molar-refractivity contribution in [3.63, 3.8) is 0 Å². The fourth-order valence-corrected chi connectivity index (χ4v) is 1.45. The second-order valence-electron chi connectivity index (χ2n) is 4.93. The van der Waals surface area contributed by atoms with Gasteiger partial charge in [0.05, 0.1) is 5.60 Å². The maximum Gasteiger partial charge on any atom is 0.274 e. The van der Waals surface area contributed by atoms with Gasteiger partial charge in [0.15, 0.2) is 0 Å². The van der Waals surface area contributed by atoms with E-state index in [0.717, 1.165) is 10.9 Å². The number of carbonyl (C=O) groups excluding carboxylic acids is 1. The fraction of sp³-hybridized carbons (Fsp3) is 0.308. The van der Waals surface area contributed by atoms with E-state index in [1.807, 2.05) is 45.2 Å². The van der Waals surface area contributed by atoms with Crippen molar-refractivity contribution in [2.24, 2.45) is 0 Å². The lowest BCUT2D eigenvalue weighted by Gasteiger charge is -2.18. The largest absolute Gasteiger partial charge is 0.361 e. The summed E-state index contributed by atoms with van der Waals surface area (Å²) in [6.07, 6.45) is 1.85. The van der Waals surface area contributed by atoms with Gasteiger partial charge < -0.3 is 4.98 Å². The number of hydrogen-bond acceptors (Lipinski definition) is 2. The van der Waals surface area contributed by atoms with Gasteiger partial charge in [0.1, 0.15) is 0 Å². The Hall–Kier alpha value is -1.81. The number of amides is 1. The van der Waals surface area contributed by atoms with Gasteiger partial charge in [0.2, 0.25) is 0 Å². The third kappa shape index (κ3) is 2.85. The van der Waals surface area contributed by atoms with Crippen LogP contribution >= 0.6 is 0 Å². The summed E-state index contributed by atoms with van der Waals surface area (Å²) in [5.41, 5.74) is 3.65. The molecule has 0 saturated heterocycles. The van der Waals surface area contributed by atoms with E-state index in [1.54, 1.807) is 6.07 Å². The van der Waals surface area contributed by atoms with Crippen molar-refractivity contribution in [2.75, 3.05) is 0 Å². The first kappa shape index (κ1) is 11.7. The number of hydroxylamine groups is 1. The molecule has 2 N–H and O–H groups in total. The zero-order chi connectivity index (χ0) is 12.5. The van der Waals surface area contributed by atoms with E-state index in [2.05, 4.69) is 10.5 Å². The first-order valence-electron chi connectivity index (χ1n) is 5.51. The van der Waals surface area contributed by atoms with Crippen LogP contribution in [0.2, 0.25) is 0 Å². The predicted octanol–water partition coefficient (Wildman–Crippen LogP) is 2.63. The van der Waals surface area contributed by atoms with E-state index in [1.165, 1.54) is 0 Å². The third-order valence-electron chi connectivity index (χ3n) is 2.27. The molecule has 1 amide bonds. The molecule has 4 heteroatoms. The van der Waals surface area contributed by atoms with E-state index in [4.69, 9.17) is 4.84 Å². The summed E-state index contributed by atoms with van der Waals surface area (Å²) in [4.78, 5) is 20.1. The monoisotopic (exact) mass is 232 g/mol. The smallest absolute Gasteiger partial charge is 0.274 e. The average molecular weight is 232 g/mol. The number of aromatic nitrogens is 1. The number of fused-ring (bicyclic) bond motifs is 1. The van der Waals surface area contributed by atoms with E-state index in [9.17, 15) is 4.79 Å². The molecule has 2 rings (SSSR count). The van der Waals surface area contributed by atoms with Gasteiger partial charge in [-0.3, -0.25) is 9.63 Å². The molecule has 0 fully saturated rings. The normalized spacial score (nSPS) is 11.7. The minimum atomic E-state index is -0.395.